The van der Waals surface area contributed by atoms with Gasteiger partial charge in [0.1, 0.15) is 24.7 Å². The van der Waals surface area contributed by atoms with Crippen molar-refractivity contribution < 1.29 is 28.6 Å². The third kappa shape index (κ3) is 5.03. The van der Waals surface area contributed by atoms with Gasteiger partial charge >= 0.3 is 5.97 Å². The van der Waals surface area contributed by atoms with Crippen molar-refractivity contribution >= 4 is 49.4 Å². The molecule has 9 heteroatoms. The van der Waals surface area contributed by atoms with Crippen molar-refractivity contribution in [1.29, 1.82) is 0 Å². The van der Waals surface area contributed by atoms with Gasteiger partial charge in [-0.1, -0.05) is 28.1 Å². The maximum Gasteiger partial charge on any atom is 0.323 e. The highest BCUT2D eigenvalue weighted by Crippen LogP contribution is 2.52. The third-order valence-corrected chi connectivity index (χ3v) is 8.05. The zero-order valence-electron chi connectivity index (χ0n) is 19.9. The largest absolute Gasteiger partial charge is 0.487 e. The molecule has 0 saturated carbocycles. The van der Waals surface area contributed by atoms with Crippen LogP contribution in [-0.2, 0) is 21.0 Å². The highest BCUT2D eigenvalue weighted by atomic mass is 79.9. The highest BCUT2D eigenvalue weighted by Gasteiger charge is 2.44. The maximum atomic E-state index is 13.8. The Balaban J connectivity index is 1.69. The molecule has 0 amide bonds. The van der Waals surface area contributed by atoms with Crippen LogP contribution in [0.4, 0.5) is 4.39 Å². The first-order valence-electron chi connectivity index (χ1n) is 12.1. The van der Waals surface area contributed by atoms with Gasteiger partial charge in [-0.2, -0.15) is 0 Å². The molecule has 0 aromatic heterocycles. The first-order chi connectivity index (χ1) is 17.7. The van der Waals surface area contributed by atoms with E-state index in [1.54, 1.807) is 17.0 Å². The number of ketones is 2. The van der Waals surface area contributed by atoms with Gasteiger partial charge in [-0.15, -0.1) is 0 Å². The Kier molecular flexibility index (Phi) is 7.36. The lowest BCUT2D eigenvalue weighted by Crippen LogP contribution is -2.41. The molecule has 2 aromatic carbocycles. The lowest BCUT2D eigenvalue weighted by atomic mass is 9.70. The van der Waals surface area contributed by atoms with Crippen molar-refractivity contribution in [3.8, 4) is 5.75 Å². The van der Waals surface area contributed by atoms with Gasteiger partial charge in [0.15, 0.2) is 11.6 Å². The molecule has 192 valence electrons. The van der Waals surface area contributed by atoms with E-state index in [9.17, 15) is 23.9 Å². The van der Waals surface area contributed by atoms with Gasteiger partial charge in [-0.3, -0.25) is 14.4 Å². The number of rotatable bonds is 6. The molecule has 0 unspecified atom stereocenters. The monoisotopic (exact) mass is 631 g/mol. The highest BCUT2D eigenvalue weighted by molar-refractivity contribution is 9.11. The number of ether oxygens (including phenoxy) is 1. The number of hydrogen-bond donors (Lipinski definition) is 1. The van der Waals surface area contributed by atoms with Crippen LogP contribution in [0.1, 0.15) is 55.6 Å². The average molecular weight is 633 g/mol. The first-order valence-corrected chi connectivity index (χ1v) is 13.7. The Hall–Kier alpha value is -2.78. The van der Waals surface area contributed by atoms with Crippen LogP contribution in [0, 0.1) is 5.82 Å². The molecule has 0 bridgehead atoms. The average Bonchev–Trinajstić information content (AvgIpc) is 2.84. The molecule has 3 aliphatic rings. The Morgan fingerprint density at radius 2 is 1.65 bits per heavy atom. The van der Waals surface area contributed by atoms with Crippen molar-refractivity contribution in [1.82, 2.24) is 4.90 Å². The number of allylic oxidation sites excluding steroid dienone is 4. The second-order valence-electron chi connectivity index (χ2n) is 9.41. The summed E-state index contributed by atoms with van der Waals surface area (Å²) in [5.41, 5.74) is 3.59. The van der Waals surface area contributed by atoms with E-state index in [1.807, 2.05) is 12.1 Å². The fourth-order valence-corrected chi connectivity index (χ4v) is 6.96. The van der Waals surface area contributed by atoms with Crippen molar-refractivity contribution in [3.05, 3.63) is 84.8 Å². The van der Waals surface area contributed by atoms with E-state index in [-0.39, 0.29) is 30.5 Å². The van der Waals surface area contributed by atoms with Crippen molar-refractivity contribution in [2.45, 2.75) is 51.0 Å². The molecular formula is C28H24Br2FNO5. The minimum Gasteiger partial charge on any atom is -0.487 e. The first kappa shape index (κ1) is 25.9. The summed E-state index contributed by atoms with van der Waals surface area (Å²) in [5.74, 6) is -1.77. The molecule has 2 aromatic rings. The van der Waals surface area contributed by atoms with E-state index in [4.69, 9.17) is 4.74 Å². The Labute approximate surface area is 230 Å². The van der Waals surface area contributed by atoms with E-state index in [0.717, 1.165) is 4.47 Å². The van der Waals surface area contributed by atoms with Crippen molar-refractivity contribution in [2.24, 2.45) is 0 Å². The van der Waals surface area contributed by atoms with E-state index in [0.29, 0.717) is 82.4 Å². The van der Waals surface area contributed by atoms with Gasteiger partial charge in [0, 0.05) is 51.3 Å². The number of carboxylic acids is 1. The lowest BCUT2D eigenvalue weighted by molar-refractivity contribution is -0.138. The van der Waals surface area contributed by atoms with Crippen LogP contribution < -0.4 is 4.74 Å². The number of carbonyl (C=O) groups excluding carboxylic acids is 2. The Bertz CT molecular complexity index is 1340. The van der Waals surface area contributed by atoms with Gasteiger partial charge in [0.05, 0.1) is 4.47 Å². The van der Waals surface area contributed by atoms with Crippen LogP contribution in [0.5, 0.6) is 5.75 Å². The van der Waals surface area contributed by atoms with Crippen LogP contribution in [0.2, 0.25) is 0 Å². The van der Waals surface area contributed by atoms with Crippen LogP contribution in [0.25, 0.3) is 0 Å². The van der Waals surface area contributed by atoms with Gasteiger partial charge in [-0.25, -0.2) is 4.39 Å². The Morgan fingerprint density at radius 3 is 2.24 bits per heavy atom. The van der Waals surface area contributed by atoms with Gasteiger partial charge < -0.3 is 14.7 Å². The summed E-state index contributed by atoms with van der Waals surface area (Å²) in [6, 6.07) is 9.80. The smallest absolute Gasteiger partial charge is 0.323 e. The standard InChI is InChI=1S/C28H24Br2FNO5/c29-16-11-18(28(19(30)12-16)37-14-15-4-1-5-17(31)10-15)25-26-20(6-2-8-22(26)33)32(13-24(35)36)21-7-3-9-23(34)27(21)25/h1,4-5,10-12,25H,2-3,6-9,13-14H2,(H,35,36). The summed E-state index contributed by atoms with van der Waals surface area (Å²) in [7, 11) is 0. The molecule has 0 atom stereocenters. The number of hydrogen-bond acceptors (Lipinski definition) is 5. The number of carboxylic acid groups (broad SMARTS) is 1. The Morgan fingerprint density at radius 1 is 1.00 bits per heavy atom. The minimum atomic E-state index is -1.02. The number of Topliss-reactive ketones (excluding diaryl/α,β-unsaturated/α-hetero) is 2. The molecule has 0 radical (unpaired) electrons. The zero-order valence-corrected chi connectivity index (χ0v) is 23.0. The number of nitrogens with zero attached hydrogens (tertiary/aromatic N) is 1. The number of carbonyl (C=O) groups is 3. The second kappa shape index (κ2) is 10.5. The summed E-state index contributed by atoms with van der Waals surface area (Å²) >= 11 is 7.13. The van der Waals surface area contributed by atoms with E-state index in [2.05, 4.69) is 31.9 Å². The summed E-state index contributed by atoms with van der Waals surface area (Å²) in [6.45, 7) is -0.210. The summed E-state index contributed by atoms with van der Waals surface area (Å²) in [4.78, 5) is 40.4. The summed E-state index contributed by atoms with van der Waals surface area (Å²) in [5, 5.41) is 9.66. The SMILES string of the molecule is O=C(O)CN1C2=C(C(=O)CCC2)C(c2cc(Br)cc(Br)c2OCc2cccc(F)c2)C2=C1CCCC2=O. The van der Waals surface area contributed by atoms with E-state index >= 15 is 0 Å². The predicted octanol–water partition coefficient (Wildman–Crippen LogP) is 6.43. The van der Waals surface area contributed by atoms with Crippen LogP contribution in [0.15, 0.2) is 67.9 Å². The molecule has 0 saturated heterocycles. The van der Waals surface area contributed by atoms with Crippen LogP contribution in [0.3, 0.4) is 0 Å². The molecule has 1 heterocycles. The van der Waals surface area contributed by atoms with Crippen LogP contribution in [-0.4, -0.2) is 34.1 Å². The van der Waals surface area contributed by atoms with Gasteiger partial charge in [-0.05, 0) is 71.4 Å². The number of aliphatic carboxylic acids is 1. The van der Waals surface area contributed by atoms with Crippen molar-refractivity contribution in [3.63, 3.8) is 0 Å². The fraction of sp³-hybridized carbons (Fsp3) is 0.321. The second-order valence-corrected chi connectivity index (χ2v) is 11.2. The molecule has 1 N–H and O–H groups in total. The van der Waals surface area contributed by atoms with E-state index in [1.165, 1.54) is 12.1 Å². The fourth-order valence-electron chi connectivity index (χ4n) is 5.58. The zero-order chi connectivity index (χ0) is 26.3. The van der Waals surface area contributed by atoms with E-state index < -0.39 is 11.9 Å². The van der Waals surface area contributed by atoms with Crippen molar-refractivity contribution in [2.75, 3.05) is 6.54 Å². The van der Waals surface area contributed by atoms with Crippen LogP contribution >= 0.6 is 31.9 Å². The topological polar surface area (TPSA) is 83.9 Å². The van der Waals surface area contributed by atoms with Gasteiger partial charge in [0.2, 0.25) is 0 Å². The number of benzene rings is 2. The summed E-state index contributed by atoms with van der Waals surface area (Å²) in [6.07, 6.45) is 3.04. The quantitative estimate of drug-likeness (QED) is 0.395. The normalized spacial score (nSPS) is 18.2. The van der Waals surface area contributed by atoms with Gasteiger partial charge in [0.25, 0.3) is 0 Å². The number of halogens is 3. The molecule has 37 heavy (non-hydrogen) atoms. The molecule has 0 fully saturated rings. The minimum absolute atomic E-state index is 0.0845. The molecular weight excluding hydrogens is 609 g/mol. The predicted molar refractivity (Wildman–Crippen MR) is 141 cm³/mol. The molecule has 2 aliphatic carbocycles. The molecule has 5 rings (SSSR count). The maximum absolute atomic E-state index is 13.8. The molecule has 6 nitrogen and oxygen atoms in total. The summed E-state index contributed by atoms with van der Waals surface area (Å²) < 4.78 is 21.4. The third-order valence-electron chi connectivity index (χ3n) is 7.00. The lowest BCUT2D eigenvalue weighted by Gasteiger charge is -2.43. The molecule has 0 spiro atoms. The molecule has 1 aliphatic heterocycles.